The summed E-state index contributed by atoms with van der Waals surface area (Å²) in [5.41, 5.74) is 1.30. The topological polar surface area (TPSA) is 130 Å². The Balaban J connectivity index is 1.31. The molecule has 11 heteroatoms. The molecule has 0 saturated carbocycles. The number of ketones is 1. The van der Waals surface area contributed by atoms with Crippen molar-refractivity contribution in [2.75, 3.05) is 19.6 Å². The molecule has 3 aromatic heterocycles. The number of tetrazole rings is 1. The number of hydrogen-bond acceptors (Lipinski definition) is 7. The number of nitrogens with zero attached hydrogens (tertiary/aromatic N) is 7. The van der Waals surface area contributed by atoms with Crippen molar-refractivity contribution < 1.29 is 14.4 Å². The molecule has 1 atom stereocenters. The number of carbonyl (C=O) groups is 3. The van der Waals surface area contributed by atoms with Crippen LogP contribution in [0.3, 0.4) is 0 Å². The summed E-state index contributed by atoms with van der Waals surface area (Å²) < 4.78 is 1.39. The van der Waals surface area contributed by atoms with Gasteiger partial charge >= 0.3 is 0 Å². The molecule has 0 radical (unpaired) electrons. The van der Waals surface area contributed by atoms with Gasteiger partial charge in [0.15, 0.2) is 5.82 Å². The number of hydrogen-bond donors (Lipinski definition) is 1. The molecule has 1 aliphatic rings. The zero-order valence-electron chi connectivity index (χ0n) is 17.8. The second-order valence-electron chi connectivity index (χ2n) is 7.82. The Morgan fingerprint density at radius 3 is 2.61 bits per heavy atom. The van der Waals surface area contributed by atoms with E-state index in [2.05, 4.69) is 25.5 Å². The van der Waals surface area contributed by atoms with Crippen LogP contribution in [-0.2, 0) is 4.79 Å². The Kier molecular flexibility index (Phi) is 5.13. The molecule has 0 unspecified atom stereocenters. The van der Waals surface area contributed by atoms with Crippen LogP contribution in [0.5, 0.6) is 0 Å². The first-order chi connectivity index (χ1) is 16.0. The summed E-state index contributed by atoms with van der Waals surface area (Å²) >= 11 is 0. The number of amides is 2. The van der Waals surface area contributed by atoms with Gasteiger partial charge < -0.3 is 14.8 Å². The number of pyridine rings is 1. The van der Waals surface area contributed by atoms with Gasteiger partial charge in [-0.25, -0.2) is 4.98 Å². The number of aromatic amines is 1. The van der Waals surface area contributed by atoms with Gasteiger partial charge in [0.2, 0.25) is 0 Å². The van der Waals surface area contributed by atoms with Crippen LogP contribution in [-0.4, -0.2) is 83.2 Å². The van der Waals surface area contributed by atoms with Gasteiger partial charge in [0.1, 0.15) is 12.0 Å². The number of fused-ring (bicyclic) bond motifs is 1. The molecule has 5 rings (SSSR count). The van der Waals surface area contributed by atoms with Crippen molar-refractivity contribution in [3.63, 3.8) is 0 Å². The largest absolute Gasteiger partial charge is 0.345 e. The average Bonchev–Trinajstić information content (AvgIpc) is 3.53. The second-order valence-corrected chi connectivity index (χ2v) is 7.82. The van der Waals surface area contributed by atoms with Gasteiger partial charge in [-0.2, -0.15) is 4.68 Å². The quantitative estimate of drug-likeness (QED) is 0.368. The molecule has 4 heterocycles. The van der Waals surface area contributed by atoms with E-state index in [1.54, 1.807) is 29.2 Å². The smallest absolute Gasteiger partial charge is 0.295 e. The van der Waals surface area contributed by atoms with Gasteiger partial charge in [-0.3, -0.25) is 14.4 Å². The highest BCUT2D eigenvalue weighted by atomic mass is 16.2. The van der Waals surface area contributed by atoms with E-state index in [1.807, 2.05) is 25.1 Å². The minimum atomic E-state index is -0.618. The highest BCUT2D eigenvalue weighted by Gasteiger charge is 2.34. The fraction of sp³-hybridized carbons (Fsp3) is 0.227. The van der Waals surface area contributed by atoms with E-state index in [4.69, 9.17) is 0 Å². The number of benzene rings is 1. The summed E-state index contributed by atoms with van der Waals surface area (Å²) in [6.45, 7) is 2.85. The van der Waals surface area contributed by atoms with Gasteiger partial charge in [0.05, 0.1) is 5.56 Å². The molecule has 1 fully saturated rings. The summed E-state index contributed by atoms with van der Waals surface area (Å²) in [4.78, 5) is 49.4. The SMILES string of the molecule is C[C@@H]1CN(C(=O)c2ccccc2)CCN1C(=O)C(=O)c1c[nH]c2nc(-n3cnnn3)ccc12. The maximum Gasteiger partial charge on any atom is 0.295 e. The fourth-order valence-corrected chi connectivity index (χ4v) is 4.03. The highest BCUT2D eigenvalue weighted by molar-refractivity contribution is 6.44. The molecule has 0 aliphatic carbocycles. The molecule has 166 valence electrons. The molecule has 33 heavy (non-hydrogen) atoms. The average molecular weight is 444 g/mol. The summed E-state index contributed by atoms with van der Waals surface area (Å²) in [5.74, 6) is -0.817. The van der Waals surface area contributed by atoms with Crippen LogP contribution in [0.25, 0.3) is 16.9 Å². The van der Waals surface area contributed by atoms with E-state index in [1.165, 1.54) is 22.1 Å². The van der Waals surface area contributed by atoms with Crippen LogP contribution in [0.1, 0.15) is 27.6 Å². The standard InChI is InChI=1S/C22H20N8O3/c1-14-12-28(21(32)15-5-3-2-4-6-15)9-10-29(14)22(33)19(31)17-11-23-20-16(17)7-8-18(25-20)30-13-24-26-27-30/h2-8,11,13-14H,9-10,12H2,1H3,(H,23,25)/t14-/m1/s1. The number of rotatable bonds is 4. The van der Waals surface area contributed by atoms with Crippen LogP contribution in [0.15, 0.2) is 55.0 Å². The molecular weight excluding hydrogens is 424 g/mol. The van der Waals surface area contributed by atoms with E-state index >= 15 is 0 Å². The number of H-pyrrole nitrogens is 1. The van der Waals surface area contributed by atoms with E-state index in [0.717, 1.165) is 0 Å². The number of nitrogens with one attached hydrogen (secondary N) is 1. The maximum atomic E-state index is 13.1. The van der Waals surface area contributed by atoms with Crippen molar-refractivity contribution in [3.8, 4) is 5.82 Å². The van der Waals surface area contributed by atoms with E-state index < -0.39 is 11.7 Å². The first-order valence-corrected chi connectivity index (χ1v) is 10.4. The summed E-state index contributed by atoms with van der Waals surface area (Å²) in [7, 11) is 0. The highest BCUT2D eigenvalue weighted by Crippen LogP contribution is 2.21. The Morgan fingerprint density at radius 1 is 1.06 bits per heavy atom. The van der Waals surface area contributed by atoms with Crippen LogP contribution in [0.4, 0.5) is 0 Å². The van der Waals surface area contributed by atoms with E-state index in [9.17, 15) is 14.4 Å². The van der Waals surface area contributed by atoms with Crippen LogP contribution in [0.2, 0.25) is 0 Å². The number of Topliss-reactive ketones (excluding diaryl/α,β-unsaturated/α-hetero) is 1. The lowest BCUT2D eigenvalue weighted by Crippen LogP contribution is -2.56. The Labute approximate surface area is 188 Å². The molecule has 0 bridgehead atoms. The first kappa shape index (κ1) is 20.5. The Bertz CT molecular complexity index is 1330. The minimum absolute atomic E-state index is 0.0815. The minimum Gasteiger partial charge on any atom is -0.345 e. The van der Waals surface area contributed by atoms with Crippen molar-refractivity contribution in [1.82, 2.24) is 40.0 Å². The Morgan fingerprint density at radius 2 is 1.88 bits per heavy atom. The third-order valence-corrected chi connectivity index (χ3v) is 5.74. The van der Waals surface area contributed by atoms with Gasteiger partial charge in [-0.05, 0) is 41.6 Å². The molecule has 1 saturated heterocycles. The lowest BCUT2D eigenvalue weighted by atomic mass is 10.1. The Hall–Kier alpha value is -4.41. The van der Waals surface area contributed by atoms with Gasteiger partial charge in [-0.1, -0.05) is 18.2 Å². The lowest BCUT2D eigenvalue weighted by Gasteiger charge is -2.39. The third-order valence-electron chi connectivity index (χ3n) is 5.74. The molecule has 11 nitrogen and oxygen atoms in total. The second kappa shape index (κ2) is 8.26. The summed E-state index contributed by atoms with van der Waals surface area (Å²) in [6, 6.07) is 12.1. The van der Waals surface area contributed by atoms with Crippen molar-refractivity contribution in [1.29, 1.82) is 0 Å². The zero-order valence-corrected chi connectivity index (χ0v) is 17.8. The molecule has 2 amide bonds. The monoisotopic (exact) mass is 444 g/mol. The molecule has 4 aromatic rings. The van der Waals surface area contributed by atoms with Crippen LogP contribution < -0.4 is 0 Å². The lowest BCUT2D eigenvalue weighted by molar-refractivity contribution is -0.130. The third kappa shape index (κ3) is 3.73. The maximum absolute atomic E-state index is 13.1. The fourth-order valence-electron chi connectivity index (χ4n) is 4.03. The van der Waals surface area contributed by atoms with Crippen LogP contribution in [0, 0.1) is 0 Å². The molecular formula is C22H20N8O3. The molecule has 1 aliphatic heterocycles. The number of aromatic nitrogens is 6. The van der Waals surface area contributed by atoms with Gasteiger partial charge in [0, 0.05) is 42.8 Å². The van der Waals surface area contributed by atoms with Gasteiger partial charge in [-0.15, -0.1) is 5.10 Å². The molecule has 1 aromatic carbocycles. The predicted molar refractivity (Wildman–Crippen MR) is 117 cm³/mol. The predicted octanol–water partition coefficient (Wildman–Crippen LogP) is 1.09. The molecule has 1 N–H and O–H groups in total. The first-order valence-electron chi connectivity index (χ1n) is 10.4. The van der Waals surface area contributed by atoms with Crippen molar-refractivity contribution in [2.24, 2.45) is 0 Å². The van der Waals surface area contributed by atoms with Crippen LogP contribution >= 0.6 is 0 Å². The number of piperazine rings is 1. The van der Waals surface area contributed by atoms with Crippen molar-refractivity contribution in [3.05, 3.63) is 66.1 Å². The zero-order chi connectivity index (χ0) is 22.9. The van der Waals surface area contributed by atoms with Gasteiger partial charge in [0.25, 0.3) is 17.6 Å². The van der Waals surface area contributed by atoms with Crippen molar-refractivity contribution >= 4 is 28.6 Å². The molecule has 0 spiro atoms. The summed E-state index contributed by atoms with van der Waals surface area (Å²) in [5, 5.41) is 11.5. The van der Waals surface area contributed by atoms with E-state index in [-0.39, 0.29) is 24.1 Å². The normalized spacial score (nSPS) is 16.2. The number of carbonyl (C=O) groups excluding carboxylic acids is 3. The van der Waals surface area contributed by atoms with Crippen molar-refractivity contribution in [2.45, 2.75) is 13.0 Å². The summed E-state index contributed by atoms with van der Waals surface area (Å²) in [6.07, 6.45) is 2.90. The van der Waals surface area contributed by atoms with E-state index in [0.29, 0.717) is 35.5 Å².